The van der Waals surface area contributed by atoms with Gasteiger partial charge >= 0.3 is 12.1 Å². The predicted octanol–water partition coefficient (Wildman–Crippen LogP) is 2.76. The molecule has 0 saturated heterocycles. The lowest BCUT2D eigenvalue weighted by molar-refractivity contribution is -0.283. The molecule has 1 nitrogen and oxygen atoms in total. The minimum absolute atomic E-state index is 0.0633. The molecule has 80 valence electrons. The minimum atomic E-state index is -5.49. The van der Waals surface area contributed by atoms with E-state index >= 15 is 0 Å². The van der Waals surface area contributed by atoms with Gasteiger partial charge in [0.15, 0.2) is 0 Å². The second-order valence-corrected chi connectivity index (χ2v) is 4.28. The van der Waals surface area contributed by atoms with Gasteiger partial charge in [-0.15, -0.1) is 0 Å². The summed E-state index contributed by atoms with van der Waals surface area (Å²) in [4.78, 5) is 0. The fourth-order valence-corrected chi connectivity index (χ4v) is 1.47. The normalized spacial score (nSPS) is 15.9. The number of hydrogen-bond acceptors (Lipinski definition) is 1. The molecule has 0 aromatic rings. The third-order valence-electron chi connectivity index (χ3n) is 1.33. The third kappa shape index (κ3) is 4.39. The number of rotatable bonds is 4. The van der Waals surface area contributed by atoms with E-state index in [1.807, 2.05) is 0 Å². The van der Waals surface area contributed by atoms with Gasteiger partial charge in [-0.1, -0.05) is 22.6 Å². The summed E-state index contributed by atoms with van der Waals surface area (Å²) in [6, 6.07) is 0. The Hall–Kier alpha value is 0.340. The van der Waals surface area contributed by atoms with Gasteiger partial charge in [0, 0.05) is 17.0 Å². The molecule has 0 aliphatic rings. The number of aliphatic hydroxyl groups is 1. The van der Waals surface area contributed by atoms with Crippen LogP contribution in [0.2, 0.25) is 0 Å². The first-order chi connectivity index (χ1) is 5.70. The van der Waals surface area contributed by atoms with Gasteiger partial charge in [-0.25, -0.2) is 0 Å². The van der Waals surface area contributed by atoms with E-state index in [-0.39, 0.29) is 13.0 Å². The van der Waals surface area contributed by atoms with Crippen LogP contribution < -0.4 is 0 Å². The van der Waals surface area contributed by atoms with Crippen LogP contribution in [-0.4, -0.2) is 27.7 Å². The molecule has 1 atom stereocenters. The number of hydrogen-bond donors (Lipinski definition) is 1. The minimum Gasteiger partial charge on any atom is -0.396 e. The van der Waals surface area contributed by atoms with Gasteiger partial charge in [-0.2, -0.15) is 22.0 Å². The molecule has 0 heterocycles. The van der Waals surface area contributed by atoms with Crippen molar-refractivity contribution in [1.82, 2.24) is 0 Å². The molecule has 0 aliphatic carbocycles. The van der Waals surface area contributed by atoms with Crippen LogP contribution in [0.5, 0.6) is 0 Å². The Kier molecular flexibility index (Phi) is 4.84. The molecule has 0 aromatic carbocycles. The first-order valence-electron chi connectivity index (χ1n) is 3.40. The van der Waals surface area contributed by atoms with Crippen LogP contribution in [0.3, 0.4) is 0 Å². The standard InChI is InChI=1S/C6H8F5IO/c7-5(8,6(9,10)11)3-4(12)1-2-13/h4,13H,1-3H2. The first kappa shape index (κ1) is 13.3. The SMILES string of the molecule is OCCC(I)CC(F)(F)C(F)(F)F. The van der Waals surface area contributed by atoms with E-state index in [2.05, 4.69) is 0 Å². The number of halogens is 6. The third-order valence-corrected chi connectivity index (χ3v) is 2.40. The Morgan fingerprint density at radius 2 is 1.62 bits per heavy atom. The Labute approximate surface area is 85.4 Å². The Balaban J connectivity index is 4.17. The van der Waals surface area contributed by atoms with Gasteiger partial charge in [0.2, 0.25) is 0 Å². The predicted molar refractivity (Wildman–Crippen MR) is 45.1 cm³/mol. The maximum atomic E-state index is 12.3. The largest absolute Gasteiger partial charge is 0.453 e. The lowest BCUT2D eigenvalue weighted by atomic mass is 10.1. The smallest absolute Gasteiger partial charge is 0.396 e. The molecule has 13 heavy (non-hydrogen) atoms. The highest BCUT2D eigenvalue weighted by atomic mass is 127. The molecule has 0 fully saturated rings. The fourth-order valence-electron chi connectivity index (χ4n) is 0.636. The van der Waals surface area contributed by atoms with E-state index in [9.17, 15) is 22.0 Å². The molecule has 0 bridgehead atoms. The summed E-state index contributed by atoms with van der Waals surface area (Å²) in [7, 11) is 0. The average Bonchev–Trinajstić information content (AvgIpc) is 1.83. The van der Waals surface area contributed by atoms with Gasteiger partial charge in [-0.3, -0.25) is 0 Å². The van der Waals surface area contributed by atoms with E-state index in [0.717, 1.165) is 0 Å². The molecule has 0 spiro atoms. The summed E-state index contributed by atoms with van der Waals surface area (Å²) in [6.07, 6.45) is -6.84. The molecule has 0 aliphatic heterocycles. The highest BCUT2D eigenvalue weighted by Crippen LogP contribution is 2.40. The van der Waals surface area contributed by atoms with Crippen LogP contribution in [-0.2, 0) is 0 Å². The van der Waals surface area contributed by atoms with Crippen LogP contribution in [0, 0.1) is 0 Å². The summed E-state index contributed by atoms with van der Waals surface area (Å²) in [6.45, 7) is -0.387. The van der Waals surface area contributed by atoms with E-state index < -0.39 is 22.4 Å². The second kappa shape index (κ2) is 4.72. The lowest BCUT2D eigenvalue weighted by Gasteiger charge is -2.21. The quantitative estimate of drug-likeness (QED) is 0.480. The van der Waals surface area contributed by atoms with Crippen molar-refractivity contribution in [2.24, 2.45) is 0 Å². The molecule has 0 rings (SSSR count). The molecule has 0 radical (unpaired) electrons. The summed E-state index contributed by atoms with van der Waals surface area (Å²) >= 11 is 1.47. The molecule has 1 N–H and O–H groups in total. The summed E-state index contributed by atoms with van der Waals surface area (Å²) < 4.78 is 58.6. The lowest BCUT2D eigenvalue weighted by Crippen LogP contribution is -2.38. The molecule has 0 saturated carbocycles. The van der Waals surface area contributed by atoms with Gasteiger partial charge in [0.1, 0.15) is 0 Å². The maximum Gasteiger partial charge on any atom is 0.453 e. The van der Waals surface area contributed by atoms with E-state index in [0.29, 0.717) is 0 Å². The van der Waals surface area contributed by atoms with Crippen molar-refractivity contribution < 1.29 is 27.1 Å². The van der Waals surface area contributed by atoms with E-state index in [1.54, 1.807) is 0 Å². The Morgan fingerprint density at radius 1 is 1.15 bits per heavy atom. The zero-order valence-electron chi connectivity index (χ0n) is 6.41. The molecule has 1 unspecified atom stereocenters. The van der Waals surface area contributed by atoms with Crippen molar-refractivity contribution in [2.75, 3.05) is 6.61 Å². The van der Waals surface area contributed by atoms with Gasteiger partial charge in [-0.05, 0) is 6.42 Å². The second-order valence-electron chi connectivity index (χ2n) is 2.52. The van der Waals surface area contributed by atoms with E-state index in [1.165, 1.54) is 22.6 Å². The van der Waals surface area contributed by atoms with Gasteiger partial charge in [0.05, 0.1) is 0 Å². The van der Waals surface area contributed by atoms with Crippen molar-refractivity contribution in [3.63, 3.8) is 0 Å². The number of alkyl halides is 6. The van der Waals surface area contributed by atoms with Crippen LogP contribution in [0.25, 0.3) is 0 Å². The van der Waals surface area contributed by atoms with Crippen LogP contribution >= 0.6 is 22.6 Å². The maximum absolute atomic E-state index is 12.3. The van der Waals surface area contributed by atoms with Crippen molar-refractivity contribution in [2.45, 2.75) is 28.9 Å². The Morgan fingerprint density at radius 3 is 1.92 bits per heavy atom. The molecule has 0 amide bonds. The van der Waals surface area contributed by atoms with Crippen molar-refractivity contribution in [3.8, 4) is 0 Å². The molecule has 0 aromatic heterocycles. The van der Waals surface area contributed by atoms with Crippen molar-refractivity contribution in [1.29, 1.82) is 0 Å². The van der Waals surface area contributed by atoms with Crippen LogP contribution in [0.4, 0.5) is 22.0 Å². The van der Waals surface area contributed by atoms with Gasteiger partial charge < -0.3 is 5.11 Å². The summed E-state index contributed by atoms with van der Waals surface area (Å²) in [5, 5.41) is 8.31. The monoisotopic (exact) mass is 318 g/mol. The zero-order valence-corrected chi connectivity index (χ0v) is 8.57. The topological polar surface area (TPSA) is 20.2 Å². The molecule has 7 heteroatoms. The molecular formula is C6H8F5IO. The van der Waals surface area contributed by atoms with Crippen LogP contribution in [0.1, 0.15) is 12.8 Å². The van der Waals surface area contributed by atoms with Gasteiger partial charge in [0.25, 0.3) is 0 Å². The van der Waals surface area contributed by atoms with E-state index in [4.69, 9.17) is 5.11 Å². The zero-order chi connectivity index (χ0) is 10.7. The Bertz CT molecular complexity index is 158. The van der Waals surface area contributed by atoms with Crippen molar-refractivity contribution in [3.05, 3.63) is 0 Å². The highest BCUT2D eigenvalue weighted by molar-refractivity contribution is 14.1. The first-order valence-corrected chi connectivity index (χ1v) is 4.65. The van der Waals surface area contributed by atoms with Crippen LogP contribution in [0.15, 0.2) is 0 Å². The highest BCUT2D eigenvalue weighted by Gasteiger charge is 2.57. The summed E-state index contributed by atoms with van der Waals surface area (Å²) in [5.41, 5.74) is 0. The fraction of sp³-hybridized carbons (Fsp3) is 1.00. The number of aliphatic hydroxyl groups excluding tert-OH is 1. The average molecular weight is 318 g/mol. The summed E-state index contributed by atoms with van der Waals surface area (Å²) in [5.74, 6) is -4.66. The molecular weight excluding hydrogens is 310 g/mol. The van der Waals surface area contributed by atoms with Crippen molar-refractivity contribution >= 4 is 22.6 Å².